The lowest BCUT2D eigenvalue weighted by molar-refractivity contribution is -0.121. The molecule has 6 heteroatoms. The molecule has 0 saturated heterocycles. The molecule has 31 heavy (non-hydrogen) atoms. The van der Waals surface area contributed by atoms with Crippen LogP contribution >= 0.6 is 0 Å². The zero-order chi connectivity index (χ0) is 22.3. The molecule has 0 saturated carbocycles. The third-order valence-electron chi connectivity index (χ3n) is 5.14. The fraction of sp³-hybridized carbons (Fsp3) is 0.480. The van der Waals surface area contributed by atoms with Gasteiger partial charge in [0.25, 0.3) is 5.91 Å². The fourth-order valence-corrected chi connectivity index (χ4v) is 3.29. The minimum Gasteiger partial charge on any atom is -0.459 e. The van der Waals surface area contributed by atoms with Gasteiger partial charge in [-0.2, -0.15) is 5.10 Å². The average molecular weight is 426 g/mol. The molecule has 2 amide bonds. The zero-order valence-electron chi connectivity index (χ0n) is 18.8. The van der Waals surface area contributed by atoms with Crippen molar-refractivity contribution in [3.63, 3.8) is 0 Å². The summed E-state index contributed by atoms with van der Waals surface area (Å²) in [6, 6.07) is 10.6. The number of nitrogens with zero attached hydrogens (tertiary/aromatic N) is 1. The van der Waals surface area contributed by atoms with Gasteiger partial charge in [-0.3, -0.25) is 9.59 Å². The lowest BCUT2D eigenvalue weighted by Gasteiger charge is -2.07. The molecule has 2 N–H and O–H groups in total. The molecule has 2 aromatic rings. The lowest BCUT2D eigenvalue weighted by Crippen LogP contribution is -2.19. The molecule has 0 fully saturated rings. The smallest absolute Gasteiger partial charge is 0.291 e. The second kappa shape index (κ2) is 14.2. The highest BCUT2D eigenvalue weighted by Crippen LogP contribution is 2.14. The topological polar surface area (TPSA) is 83.7 Å². The van der Waals surface area contributed by atoms with Crippen LogP contribution in [0.3, 0.4) is 0 Å². The van der Waals surface area contributed by atoms with Crippen LogP contribution in [0.25, 0.3) is 0 Å². The van der Waals surface area contributed by atoms with Crippen molar-refractivity contribution < 1.29 is 14.0 Å². The van der Waals surface area contributed by atoms with Crippen molar-refractivity contribution in [2.24, 2.45) is 5.10 Å². The van der Waals surface area contributed by atoms with Crippen LogP contribution in [0.1, 0.15) is 94.2 Å². The lowest BCUT2D eigenvalue weighted by atomic mass is 10.1. The Morgan fingerprint density at radius 2 is 1.65 bits per heavy atom. The van der Waals surface area contributed by atoms with E-state index in [4.69, 9.17) is 4.42 Å². The van der Waals surface area contributed by atoms with Crippen molar-refractivity contribution in [2.45, 2.75) is 78.1 Å². The first-order chi connectivity index (χ1) is 15.1. The Bertz CT molecular complexity index is 828. The van der Waals surface area contributed by atoms with Crippen molar-refractivity contribution in [2.75, 3.05) is 5.32 Å². The predicted molar refractivity (Wildman–Crippen MR) is 125 cm³/mol. The van der Waals surface area contributed by atoms with Crippen molar-refractivity contribution in [1.82, 2.24) is 5.43 Å². The molecule has 1 aromatic carbocycles. The third kappa shape index (κ3) is 9.64. The number of hydrogen-bond donors (Lipinski definition) is 2. The SMILES string of the molecule is CCCCCCCCCCCC(=O)N/N=C(\C)c1cccc(NC(=O)c2ccco2)c1. The molecule has 0 aliphatic carbocycles. The Morgan fingerprint density at radius 3 is 2.32 bits per heavy atom. The van der Waals surface area contributed by atoms with Crippen LogP contribution in [0.4, 0.5) is 5.69 Å². The Morgan fingerprint density at radius 1 is 0.935 bits per heavy atom. The van der Waals surface area contributed by atoms with E-state index in [0.29, 0.717) is 17.8 Å². The van der Waals surface area contributed by atoms with Gasteiger partial charge in [0.2, 0.25) is 5.91 Å². The molecule has 6 nitrogen and oxygen atoms in total. The normalized spacial score (nSPS) is 11.4. The molecule has 168 valence electrons. The maximum absolute atomic E-state index is 12.1. The van der Waals surface area contributed by atoms with E-state index < -0.39 is 0 Å². The first-order valence-corrected chi connectivity index (χ1v) is 11.4. The molecular weight excluding hydrogens is 390 g/mol. The second-order valence-electron chi connectivity index (χ2n) is 7.82. The molecule has 1 heterocycles. The van der Waals surface area contributed by atoms with Crippen LogP contribution in [0.15, 0.2) is 52.2 Å². The highest BCUT2D eigenvalue weighted by atomic mass is 16.3. The number of carbonyl (C=O) groups is 2. The third-order valence-corrected chi connectivity index (χ3v) is 5.14. The monoisotopic (exact) mass is 425 g/mol. The van der Waals surface area contributed by atoms with Gasteiger partial charge >= 0.3 is 0 Å². The quantitative estimate of drug-likeness (QED) is 0.212. The number of rotatable bonds is 14. The number of carbonyl (C=O) groups excluding carboxylic acids is 2. The molecule has 1 aromatic heterocycles. The summed E-state index contributed by atoms with van der Waals surface area (Å²) in [5.74, 6) is -0.130. The first kappa shape index (κ1) is 24.4. The minimum atomic E-state index is -0.314. The fourth-order valence-electron chi connectivity index (χ4n) is 3.29. The second-order valence-corrected chi connectivity index (χ2v) is 7.82. The molecule has 0 aliphatic rings. The van der Waals surface area contributed by atoms with Crippen LogP contribution in [0, 0.1) is 0 Å². The van der Waals surface area contributed by atoms with Gasteiger partial charge in [0.15, 0.2) is 5.76 Å². The molecule has 0 bridgehead atoms. The number of hydrogen-bond acceptors (Lipinski definition) is 4. The van der Waals surface area contributed by atoms with Gasteiger partial charge in [-0.1, -0.05) is 70.4 Å². The summed E-state index contributed by atoms with van der Waals surface area (Å²) in [5, 5.41) is 7.00. The van der Waals surface area contributed by atoms with E-state index in [1.807, 2.05) is 25.1 Å². The summed E-state index contributed by atoms with van der Waals surface area (Å²) < 4.78 is 5.10. The highest BCUT2D eigenvalue weighted by molar-refractivity contribution is 6.04. The van der Waals surface area contributed by atoms with Crippen LogP contribution in [0.5, 0.6) is 0 Å². The summed E-state index contributed by atoms with van der Waals surface area (Å²) in [5.41, 5.74) is 4.76. The number of hydrazone groups is 1. The van der Waals surface area contributed by atoms with E-state index in [2.05, 4.69) is 22.8 Å². The van der Waals surface area contributed by atoms with E-state index in [-0.39, 0.29) is 17.6 Å². The minimum absolute atomic E-state index is 0.0652. The molecule has 0 radical (unpaired) electrons. The standard InChI is InChI=1S/C25H35N3O3/c1-3-4-5-6-7-8-9-10-11-17-24(29)28-27-20(2)21-14-12-15-22(19-21)26-25(30)23-16-13-18-31-23/h12-16,18-19H,3-11,17H2,1-2H3,(H,26,30)(H,28,29)/b27-20+. The van der Waals surface area contributed by atoms with Crippen molar-refractivity contribution in [3.8, 4) is 0 Å². The Kier molecular flexibility index (Phi) is 11.1. The molecule has 0 atom stereocenters. The van der Waals surface area contributed by atoms with Crippen LogP contribution < -0.4 is 10.7 Å². The first-order valence-electron chi connectivity index (χ1n) is 11.4. The van der Waals surface area contributed by atoms with E-state index in [0.717, 1.165) is 18.4 Å². The van der Waals surface area contributed by atoms with Gasteiger partial charge in [-0.15, -0.1) is 0 Å². The number of furan rings is 1. The van der Waals surface area contributed by atoms with E-state index in [1.165, 1.54) is 51.2 Å². The summed E-state index contributed by atoms with van der Waals surface area (Å²) >= 11 is 0. The van der Waals surface area contributed by atoms with Gasteiger partial charge in [-0.05, 0) is 43.2 Å². The number of amides is 2. The largest absolute Gasteiger partial charge is 0.459 e. The maximum atomic E-state index is 12.1. The van der Waals surface area contributed by atoms with Gasteiger partial charge in [0.05, 0.1) is 12.0 Å². The van der Waals surface area contributed by atoms with Crippen LogP contribution in [-0.2, 0) is 4.79 Å². The van der Waals surface area contributed by atoms with E-state index in [1.54, 1.807) is 18.2 Å². The Hall–Kier alpha value is -2.89. The highest BCUT2D eigenvalue weighted by Gasteiger charge is 2.09. The average Bonchev–Trinajstić information content (AvgIpc) is 3.32. The summed E-state index contributed by atoms with van der Waals surface area (Å²) in [6.45, 7) is 4.06. The Balaban J connectivity index is 1.69. The predicted octanol–water partition coefficient (Wildman–Crippen LogP) is 6.29. The zero-order valence-corrected chi connectivity index (χ0v) is 18.8. The molecule has 0 unspecified atom stereocenters. The molecule has 2 rings (SSSR count). The van der Waals surface area contributed by atoms with E-state index in [9.17, 15) is 9.59 Å². The number of anilines is 1. The Labute approximate surface area is 185 Å². The van der Waals surface area contributed by atoms with E-state index >= 15 is 0 Å². The molecule has 0 spiro atoms. The van der Waals surface area contributed by atoms with Crippen molar-refractivity contribution in [1.29, 1.82) is 0 Å². The summed E-state index contributed by atoms with van der Waals surface area (Å²) in [7, 11) is 0. The number of nitrogens with one attached hydrogen (secondary N) is 2. The van der Waals surface area contributed by atoms with Gasteiger partial charge < -0.3 is 9.73 Å². The molecule has 0 aliphatic heterocycles. The van der Waals surface area contributed by atoms with Crippen molar-refractivity contribution >= 4 is 23.2 Å². The van der Waals surface area contributed by atoms with Crippen LogP contribution in [0.2, 0.25) is 0 Å². The summed E-state index contributed by atoms with van der Waals surface area (Å²) in [6.07, 6.45) is 13.0. The summed E-state index contributed by atoms with van der Waals surface area (Å²) in [4.78, 5) is 24.1. The van der Waals surface area contributed by atoms with Crippen LogP contribution in [-0.4, -0.2) is 17.5 Å². The van der Waals surface area contributed by atoms with Crippen molar-refractivity contribution in [3.05, 3.63) is 54.0 Å². The van der Waals surface area contributed by atoms with Gasteiger partial charge in [-0.25, -0.2) is 5.43 Å². The van der Waals surface area contributed by atoms with Gasteiger partial charge in [0.1, 0.15) is 0 Å². The number of benzene rings is 1. The maximum Gasteiger partial charge on any atom is 0.291 e. The molecular formula is C25H35N3O3. The number of unbranched alkanes of at least 4 members (excludes halogenated alkanes) is 8. The van der Waals surface area contributed by atoms with Gasteiger partial charge in [0, 0.05) is 12.1 Å².